The fourth-order valence-electron chi connectivity index (χ4n) is 2.31. The van der Waals surface area contributed by atoms with E-state index in [0.29, 0.717) is 29.2 Å². The van der Waals surface area contributed by atoms with Crippen molar-refractivity contribution in [2.45, 2.75) is 13.8 Å². The minimum Gasteiger partial charge on any atom is -0.351 e. The first-order valence-electron chi connectivity index (χ1n) is 7.15. The molecule has 1 aromatic heterocycles. The topological polar surface area (TPSA) is 50.2 Å². The summed E-state index contributed by atoms with van der Waals surface area (Å²) < 4.78 is 15.0. The molecule has 2 rings (SSSR count). The van der Waals surface area contributed by atoms with Crippen molar-refractivity contribution in [2.75, 3.05) is 27.2 Å². The van der Waals surface area contributed by atoms with Gasteiger partial charge in [0.1, 0.15) is 5.82 Å². The van der Waals surface area contributed by atoms with E-state index in [9.17, 15) is 9.18 Å². The molecule has 1 heterocycles. The average molecular weight is 304 g/mol. The zero-order valence-corrected chi connectivity index (χ0v) is 13.4. The van der Waals surface area contributed by atoms with Gasteiger partial charge in [0, 0.05) is 13.1 Å². The van der Waals surface area contributed by atoms with E-state index in [-0.39, 0.29) is 11.7 Å². The number of nitrogens with zero attached hydrogens (tertiary/aromatic N) is 3. The summed E-state index contributed by atoms with van der Waals surface area (Å²) >= 11 is 0. The quantitative estimate of drug-likeness (QED) is 0.918. The number of rotatable bonds is 5. The summed E-state index contributed by atoms with van der Waals surface area (Å²) in [7, 11) is 3.90. The van der Waals surface area contributed by atoms with Gasteiger partial charge in [-0.15, -0.1) is 0 Å². The third-order valence-corrected chi connectivity index (χ3v) is 3.42. The summed E-state index contributed by atoms with van der Waals surface area (Å²) in [5.74, 6) is -0.485. The van der Waals surface area contributed by atoms with Crippen LogP contribution in [0.15, 0.2) is 24.3 Å². The molecule has 118 valence electrons. The highest BCUT2D eigenvalue weighted by atomic mass is 19.1. The Bertz CT molecular complexity index is 679. The van der Waals surface area contributed by atoms with Crippen molar-refractivity contribution < 1.29 is 9.18 Å². The van der Waals surface area contributed by atoms with Gasteiger partial charge in [-0.05, 0) is 46.1 Å². The average Bonchev–Trinajstić information content (AvgIpc) is 2.73. The lowest BCUT2D eigenvalue weighted by Crippen LogP contribution is -2.31. The molecule has 0 aliphatic carbocycles. The number of hydrogen-bond donors (Lipinski definition) is 1. The predicted molar refractivity (Wildman–Crippen MR) is 83.9 cm³/mol. The van der Waals surface area contributed by atoms with E-state index in [1.54, 1.807) is 23.7 Å². The van der Waals surface area contributed by atoms with Crippen LogP contribution in [0.2, 0.25) is 0 Å². The maximum atomic E-state index is 13.4. The van der Waals surface area contributed by atoms with Crippen molar-refractivity contribution in [3.8, 4) is 5.69 Å². The molecule has 0 saturated heterocycles. The molecule has 0 atom stereocenters. The van der Waals surface area contributed by atoms with Gasteiger partial charge in [-0.2, -0.15) is 5.10 Å². The van der Waals surface area contributed by atoms with Crippen LogP contribution in [0, 0.1) is 19.7 Å². The maximum Gasteiger partial charge on any atom is 0.255 e. The Labute approximate surface area is 129 Å². The highest BCUT2D eigenvalue weighted by molar-refractivity contribution is 5.96. The fraction of sp³-hybridized carbons (Fsp3) is 0.375. The first kappa shape index (κ1) is 16.2. The summed E-state index contributed by atoms with van der Waals surface area (Å²) in [5.41, 5.74) is 2.48. The third-order valence-electron chi connectivity index (χ3n) is 3.42. The van der Waals surface area contributed by atoms with E-state index < -0.39 is 0 Å². The van der Waals surface area contributed by atoms with Crippen molar-refractivity contribution >= 4 is 5.91 Å². The number of aryl methyl sites for hydroxylation is 1. The number of nitrogens with one attached hydrogen (secondary N) is 1. The summed E-state index contributed by atoms with van der Waals surface area (Å²) in [6.45, 7) is 4.92. The van der Waals surface area contributed by atoms with Gasteiger partial charge in [0.05, 0.1) is 22.6 Å². The summed E-state index contributed by atoms with van der Waals surface area (Å²) in [6.07, 6.45) is 0. The lowest BCUT2D eigenvalue weighted by molar-refractivity contribution is 0.0950. The highest BCUT2D eigenvalue weighted by Crippen LogP contribution is 2.18. The van der Waals surface area contributed by atoms with Gasteiger partial charge in [0.25, 0.3) is 5.91 Å². The Morgan fingerprint density at radius 2 is 2.09 bits per heavy atom. The molecule has 0 unspecified atom stereocenters. The van der Waals surface area contributed by atoms with Crippen molar-refractivity contribution in [3.05, 3.63) is 47.0 Å². The van der Waals surface area contributed by atoms with Gasteiger partial charge < -0.3 is 10.2 Å². The fourth-order valence-corrected chi connectivity index (χ4v) is 2.31. The minimum atomic E-state index is -0.331. The number of aromatic nitrogens is 2. The predicted octanol–water partition coefficient (Wildman–Crippen LogP) is 1.92. The second-order valence-electron chi connectivity index (χ2n) is 5.50. The van der Waals surface area contributed by atoms with Gasteiger partial charge in [-0.25, -0.2) is 9.07 Å². The molecule has 1 aromatic carbocycles. The van der Waals surface area contributed by atoms with Gasteiger partial charge >= 0.3 is 0 Å². The van der Waals surface area contributed by atoms with Gasteiger partial charge in [-0.3, -0.25) is 4.79 Å². The van der Waals surface area contributed by atoms with E-state index in [0.717, 1.165) is 6.54 Å². The molecule has 1 amide bonds. The number of likely N-dealkylation sites (N-methyl/N-ethyl adjacent to an activating group) is 1. The Kier molecular flexibility index (Phi) is 4.92. The van der Waals surface area contributed by atoms with Gasteiger partial charge in [-0.1, -0.05) is 6.07 Å². The molecule has 0 radical (unpaired) electrons. The molecule has 1 N–H and O–H groups in total. The SMILES string of the molecule is Cc1nn(-c2cccc(F)c2)c(C)c1C(=O)NCCN(C)C. The minimum absolute atomic E-state index is 0.153. The van der Waals surface area contributed by atoms with Crippen molar-refractivity contribution in [1.29, 1.82) is 0 Å². The molecule has 0 saturated carbocycles. The van der Waals surface area contributed by atoms with Crippen LogP contribution in [-0.4, -0.2) is 47.8 Å². The number of hydrogen-bond acceptors (Lipinski definition) is 3. The van der Waals surface area contributed by atoms with Crippen LogP contribution < -0.4 is 5.32 Å². The zero-order valence-electron chi connectivity index (χ0n) is 13.4. The van der Waals surface area contributed by atoms with E-state index in [1.807, 2.05) is 25.9 Å². The molecule has 0 fully saturated rings. The van der Waals surface area contributed by atoms with E-state index in [4.69, 9.17) is 0 Å². The molecule has 6 heteroatoms. The third kappa shape index (κ3) is 3.51. The molecule has 0 aliphatic rings. The second-order valence-corrected chi connectivity index (χ2v) is 5.50. The van der Waals surface area contributed by atoms with Crippen molar-refractivity contribution in [1.82, 2.24) is 20.0 Å². The monoisotopic (exact) mass is 304 g/mol. The Morgan fingerprint density at radius 3 is 2.73 bits per heavy atom. The summed E-state index contributed by atoms with van der Waals surface area (Å²) in [6, 6.07) is 6.16. The zero-order chi connectivity index (χ0) is 16.3. The Hall–Kier alpha value is -2.21. The smallest absolute Gasteiger partial charge is 0.255 e. The van der Waals surface area contributed by atoms with Crippen LogP contribution in [-0.2, 0) is 0 Å². The lowest BCUT2D eigenvalue weighted by Gasteiger charge is -2.10. The first-order chi connectivity index (χ1) is 10.4. The van der Waals surface area contributed by atoms with Crippen LogP contribution in [0.4, 0.5) is 4.39 Å². The largest absolute Gasteiger partial charge is 0.351 e. The molecule has 5 nitrogen and oxygen atoms in total. The molecule has 0 aliphatic heterocycles. The summed E-state index contributed by atoms with van der Waals surface area (Å²) in [5, 5.41) is 7.24. The molecule has 2 aromatic rings. The molecule has 0 spiro atoms. The van der Waals surface area contributed by atoms with E-state index in [1.165, 1.54) is 12.1 Å². The van der Waals surface area contributed by atoms with E-state index in [2.05, 4.69) is 10.4 Å². The summed E-state index contributed by atoms with van der Waals surface area (Å²) in [4.78, 5) is 14.3. The number of benzene rings is 1. The lowest BCUT2D eigenvalue weighted by atomic mass is 10.2. The molecule has 0 bridgehead atoms. The number of carbonyl (C=O) groups excluding carboxylic acids is 1. The van der Waals surface area contributed by atoms with Crippen molar-refractivity contribution in [3.63, 3.8) is 0 Å². The highest BCUT2D eigenvalue weighted by Gasteiger charge is 2.19. The standard InChI is InChI=1S/C16H21FN4O/c1-11-15(16(22)18-8-9-20(3)4)12(2)21(19-11)14-7-5-6-13(17)10-14/h5-7,10H,8-9H2,1-4H3,(H,18,22). The number of carbonyl (C=O) groups is 1. The van der Waals surface area contributed by atoms with Crippen LogP contribution in [0.25, 0.3) is 5.69 Å². The maximum absolute atomic E-state index is 13.4. The first-order valence-corrected chi connectivity index (χ1v) is 7.15. The number of amides is 1. The van der Waals surface area contributed by atoms with Gasteiger partial charge in [0.2, 0.25) is 0 Å². The normalized spacial score (nSPS) is 11.0. The van der Waals surface area contributed by atoms with Crippen LogP contribution in [0.3, 0.4) is 0 Å². The van der Waals surface area contributed by atoms with Gasteiger partial charge in [0.15, 0.2) is 0 Å². The van der Waals surface area contributed by atoms with E-state index >= 15 is 0 Å². The molecular formula is C16H21FN4O. The van der Waals surface area contributed by atoms with Crippen LogP contribution in [0.1, 0.15) is 21.7 Å². The van der Waals surface area contributed by atoms with Crippen molar-refractivity contribution in [2.24, 2.45) is 0 Å². The molecule has 22 heavy (non-hydrogen) atoms. The molecular weight excluding hydrogens is 283 g/mol. The second kappa shape index (κ2) is 6.70. The Balaban J connectivity index is 2.25. The number of halogens is 1. The Morgan fingerprint density at radius 1 is 1.36 bits per heavy atom. The van der Waals surface area contributed by atoms with Crippen LogP contribution >= 0.6 is 0 Å². The van der Waals surface area contributed by atoms with Crippen LogP contribution in [0.5, 0.6) is 0 Å².